The first-order chi connectivity index (χ1) is 12.7. The van der Waals surface area contributed by atoms with E-state index < -0.39 is 0 Å². The minimum absolute atomic E-state index is 0.529. The van der Waals surface area contributed by atoms with Crippen LogP contribution in [0.5, 0.6) is 0 Å². The summed E-state index contributed by atoms with van der Waals surface area (Å²) in [4.78, 5) is 11.4. The molecule has 2 atom stereocenters. The van der Waals surface area contributed by atoms with Gasteiger partial charge in [-0.25, -0.2) is 4.98 Å². The molecule has 26 heavy (non-hydrogen) atoms. The smallest absolute Gasteiger partial charge is 0.216 e. The molecule has 0 bridgehead atoms. The number of benzene rings is 1. The van der Waals surface area contributed by atoms with Crippen LogP contribution < -0.4 is 9.80 Å². The monoisotopic (exact) mass is 365 g/mol. The SMILES string of the molecule is [CH]n1nnc(-c2cnc(N3CC4CN(c5ccccc5C)CC4C3)s2)n1. The molecule has 5 rings (SSSR count). The molecule has 0 aliphatic carbocycles. The van der Waals surface area contributed by atoms with Gasteiger partial charge in [0.05, 0.1) is 11.1 Å². The second-order valence-electron chi connectivity index (χ2n) is 7.06. The first-order valence-corrected chi connectivity index (χ1v) is 9.56. The minimum atomic E-state index is 0.529. The normalized spacial score (nSPS) is 22.2. The van der Waals surface area contributed by atoms with E-state index in [2.05, 4.69) is 61.4 Å². The molecular formula is C18H19N7S. The summed E-state index contributed by atoms with van der Waals surface area (Å²) < 4.78 is 0. The van der Waals surface area contributed by atoms with Crippen LogP contribution in [-0.4, -0.2) is 51.4 Å². The van der Waals surface area contributed by atoms with Crippen molar-refractivity contribution in [2.45, 2.75) is 6.92 Å². The summed E-state index contributed by atoms with van der Waals surface area (Å²) in [5.74, 6) is 1.90. The van der Waals surface area contributed by atoms with Gasteiger partial charge in [0.2, 0.25) is 5.82 Å². The van der Waals surface area contributed by atoms with Crippen LogP contribution in [0, 0.1) is 25.8 Å². The molecule has 2 fully saturated rings. The molecule has 0 amide bonds. The zero-order chi connectivity index (χ0) is 17.7. The van der Waals surface area contributed by atoms with Crippen molar-refractivity contribution in [2.75, 3.05) is 36.0 Å². The predicted octanol–water partition coefficient (Wildman–Crippen LogP) is 2.19. The number of aryl methyl sites for hydroxylation is 1. The molecule has 7 nitrogen and oxygen atoms in total. The van der Waals surface area contributed by atoms with Crippen molar-refractivity contribution in [3.63, 3.8) is 0 Å². The number of rotatable bonds is 3. The fourth-order valence-corrected chi connectivity index (χ4v) is 4.96. The van der Waals surface area contributed by atoms with E-state index in [1.165, 1.54) is 11.3 Å². The Morgan fingerprint density at radius 1 is 1.08 bits per heavy atom. The molecule has 132 valence electrons. The number of hydrogen-bond donors (Lipinski definition) is 0. The molecule has 0 spiro atoms. The summed E-state index contributed by atoms with van der Waals surface area (Å²) in [6, 6.07) is 8.66. The molecule has 2 aliphatic heterocycles. The fraction of sp³-hybridized carbons (Fsp3) is 0.389. The summed E-state index contributed by atoms with van der Waals surface area (Å²) in [5, 5.41) is 12.7. The predicted molar refractivity (Wildman–Crippen MR) is 101 cm³/mol. The molecule has 0 saturated carbocycles. The van der Waals surface area contributed by atoms with Gasteiger partial charge in [-0.15, -0.1) is 10.2 Å². The molecule has 3 aromatic rings. The zero-order valence-electron chi connectivity index (χ0n) is 14.5. The largest absolute Gasteiger partial charge is 0.371 e. The van der Waals surface area contributed by atoms with Crippen molar-refractivity contribution in [3.8, 4) is 10.7 Å². The third-order valence-electron chi connectivity index (χ3n) is 5.36. The standard InChI is InChI=1S/C18H19N7S/c1-12-5-3-4-6-15(12)24-8-13-10-25(11-14(13)9-24)18-19-7-16(26-18)17-20-22-23(2)21-17/h2-7,13-14H,8-11H2,1H3. The lowest BCUT2D eigenvalue weighted by atomic mass is 10.0. The Balaban J connectivity index is 1.29. The number of tetrazole rings is 1. The van der Waals surface area contributed by atoms with E-state index in [0.29, 0.717) is 17.7 Å². The van der Waals surface area contributed by atoms with Gasteiger partial charge < -0.3 is 9.80 Å². The van der Waals surface area contributed by atoms with Crippen molar-refractivity contribution >= 4 is 22.2 Å². The molecule has 2 saturated heterocycles. The Kier molecular flexibility index (Phi) is 3.66. The molecular weight excluding hydrogens is 346 g/mol. The Bertz CT molecular complexity index is 919. The second kappa shape index (κ2) is 6.05. The summed E-state index contributed by atoms with van der Waals surface area (Å²) in [6.45, 7) is 6.53. The van der Waals surface area contributed by atoms with Gasteiger partial charge in [-0.05, 0) is 23.8 Å². The van der Waals surface area contributed by atoms with Crippen LogP contribution in [0.2, 0.25) is 0 Å². The van der Waals surface area contributed by atoms with Crippen molar-refractivity contribution in [2.24, 2.45) is 11.8 Å². The van der Waals surface area contributed by atoms with Gasteiger partial charge in [0, 0.05) is 43.7 Å². The number of nitrogens with zero attached hydrogens (tertiary/aromatic N) is 7. The molecule has 8 heteroatoms. The van der Waals surface area contributed by atoms with E-state index in [4.69, 9.17) is 7.05 Å². The number of thiazole rings is 1. The van der Waals surface area contributed by atoms with Gasteiger partial charge in [0.1, 0.15) is 7.05 Å². The molecule has 0 N–H and O–H groups in total. The highest BCUT2D eigenvalue weighted by molar-refractivity contribution is 7.18. The molecule has 1 aromatic carbocycles. The molecule has 2 unspecified atom stereocenters. The lowest BCUT2D eigenvalue weighted by Crippen LogP contribution is -2.28. The van der Waals surface area contributed by atoms with E-state index >= 15 is 0 Å². The van der Waals surface area contributed by atoms with Crippen LogP contribution >= 0.6 is 11.3 Å². The van der Waals surface area contributed by atoms with Gasteiger partial charge in [-0.2, -0.15) is 4.80 Å². The van der Waals surface area contributed by atoms with Crippen molar-refractivity contribution < 1.29 is 0 Å². The first kappa shape index (κ1) is 15.7. The Morgan fingerprint density at radius 2 is 1.81 bits per heavy atom. The molecule has 2 aromatic heterocycles. The summed E-state index contributed by atoms with van der Waals surface area (Å²) >= 11 is 1.60. The zero-order valence-corrected chi connectivity index (χ0v) is 15.3. The number of para-hydroxylation sites is 1. The average molecular weight is 365 g/mol. The van der Waals surface area contributed by atoms with Crippen LogP contribution in [0.3, 0.4) is 0 Å². The van der Waals surface area contributed by atoms with Crippen LogP contribution in [-0.2, 0) is 0 Å². The van der Waals surface area contributed by atoms with Crippen LogP contribution in [0.15, 0.2) is 30.5 Å². The van der Waals surface area contributed by atoms with E-state index in [1.54, 1.807) is 11.3 Å². The second-order valence-corrected chi connectivity index (χ2v) is 8.07. The summed E-state index contributed by atoms with van der Waals surface area (Å²) in [5.41, 5.74) is 2.73. The van der Waals surface area contributed by atoms with Crippen LogP contribution in [0.4, 0.5) is 10.8 Å². The van der Waals surface area contributed by atoms with Crippen LogP contribution in [0.25, 0.3) is 10.7 Å². The Labute approximate surface area is 156 Å². The average Bonchev–Trinajstić information content (AvgIpc) is 3.37. The van der Waals surface area contributed by atoms with E-state index in [-0.39, 0.29) is 0 Å². The highest BCUT2D eigenvalue weighted by Gasteiger charge is 2.41. The maximum absolute atomic E-state index is 5.48. The molecule has 2 radical (unpaired) electrons. The lowest BCUT2D eigenvalue weighted by molar-refractivity contribution is 0.533. The highest BCUT2D eigenvalue weighted by atomic mass is 32.1. The Morgan fingerprint density at radius 3 is 2.50 bits per heavy atom. The van der Waals surface area contributed by atoms with Gasteiger partial charge in [0.25, 0.3) is 0 Å². The third-order valence-corrected chi connectivity index (χ3v) is 6.41. The van der Waals surface area contributed by atoms with E-state index in [1.807, 2.05) is 6.20 Å². The van der Waals surface area contributed by atoms with Gasteiger partial charge in [-0.3, -0.25) is 0 Å². The quantitative estimate of drug-likeness (QED) is 0.709. The van der Waals surface area contributed by atoms with Crippen molar-refractivity contribution in [1.82, 2.24) is 25.2 Å². The Hall–Kier alpha value is -2.48. The van der Waals surface area contributed by atoms with Crippen molar-refractivity contribution in [1.29, 1.82) is 0 Å². The number of hydrogen-bond acceptors (Lipinski definition) is 7. The number of fused-ring (bicyclic) bond motifs is 1. The molecule has 4 heterocycles. The highest BCUT2D eigenvalue weighted by Crippen LogP contribution is 2.39. The maximum atomic E-state index is 5.48. The van der Waals surface area contributed by atoms with Gasteiger partial charge in [0.15, 0.2) is 5.13 Å². The first-order valence-electron chi connectivity index (χ1n) is 8.74. The van der Waals surface area contributed by atoms with E-state index in [9.17, 15) is 0 Å². The molecule has 2 aliphatic rings. The van der Waals surface area contributed by atoms with Crippen LogP contribution in [0.1, 0.15) is 5.56 Å². The van der Waals surface area contributed by atoms with Gasteiger partial charge in [-0.1, -0.05) is 29.5 Å². The number of anilines is 2. The lowest BCUT2D eigenvalue weighted by Gasteiger charge is -2.24. The number of aromatic nitrogens is 5. The third kappa shape index (κ3) is 2.65. The summed E-state index contributed by atoms with van der Waals surface area (Å²) in [7, 11) is 5.48. The van der Waals surface area contributed by atoms with Gasteiger partial charge >= 0.3 is 0 Å². The fourth-order valence-electron chi connectivity index (χ4n) is 4.10. The van der Waals surface area contributed by atoms with E-state index in [0.717, 1.165) is 41.0 Å². The maximum Gasteiger partial charge on any atom is 0.216 e. The summed E-state index contributed by atoms with van der Waals surface area (Å²) in [6.07, 6.45) is 1.81. The topological polar surface area (TPSA) is 63.0 Å². The van der Waals surface area contributed by atoms with Crippen molar-refractivity contribution in [3.05, 3.63) is 43.1 Å². The minimum Gasteiger partial charge on any atom is -0.371 e.